The molecule has 0 atom stereocenters. The largest absolute Gasteiger partial charge is 0.313 e. The second-order valence-corrected chi connectivity index (χ2v) is 4.41. The Morgan fingerprint density at radius 2 is 2.00 bits per heavy atom. The Morgan fingerprint density at radius 1 is 1.25 bits per heavy atom. The maximum absolute atomic E-state index is 12.4. The minimum absolute atomic E-state index is 0.100. The molecule has 0 aliphatic carbocycles. The first-order chi connectivity index (χ1) is 7.59. The van der Waals surface area contributed by atoms with E-state index in [2.05, 4.69) is 19.2 Å². The molecule has 1 aromatic carbocycles. The highest BCUT2D eigenvalue weighted by atomic mass is 19.3. The van der Waals surface area contributed by atoms with Gasteiger partial charge in [-0.3, -0.25) is 0 Å². The predicted octanol–water partition coefficient (Wildman–Crippen LogP) is 3.76. The fourth-order valence-corrected chi connectivity index (χ4v) is 1.46. The van der Waals surface area contributed by atoms with Gasteiger partial charge >= 0.3 is 0 Å². The SMILES string of the molecule is CC(C)CCNCc1cccc(C(F)F)c1. The number of rotatable bonds is 6. The number of benzene rings is 1. The van der Waals surface area contributed by atoms with Crippen LogP contribution in [-0.2, 0) is 6.54 Å². The molecule has 0 aromatic heterocycles. The number of alkyl halides is 2. The van der Waals surface area contributed by atoms with Gasteiger partial charge < -0.3 is 5.32 Å². The van der Waals surface area contributed by atoms with E-state index in [-0.39, 0.29) is 5.56 Å². The van der Waals surface area contributed by atoms with Crippen molar-refractivity contribution in [1.29, 1.82) is 0 Å². The lowest BCUT2D eigenvalue weighted by Crippen LogP contribution is -2.16. The molecule has 3 heteroatoms. The average molecular weight is 227 g/mol. The van der Waals surface area contributed by atoms with Crippen LogP contribution in [0.2, 0.25) is 0 Å². The zero-order valence-electron chi connectivity index (χ0n) is 9.84. The molecule has 0 aliphatic heterocycles. The van der Waals surface area contributed by atoms with E-state index >= 15 is 0 Å². The van der Waals surface area contributed by atoms with Gasteiger partial charge in [-0.05, 0) is 30.5 Å². The van der Waals surface area contributed by atoms with Crippen LogP contribution in [-0.4, -0.2) is 6.54 Å². The van der Waals surface area contributed by atoms with E-state index in [0.717, 1.165) is 18.5 Å². The summed E-state index contributed by atoms with van der Waals surface area (Å²) in [7, 11) is 0. The molecule has 0 spiro atoms. The number of hydrogen-bond donors (Lipinski definition) is 1. The van der Waals surface area contributed by atoms with Crippen molar-refractivity contribution in [1.82, 2.24) is 5.32 Å². The highest BCUT2D eigenvalue weighted by Gasteiger charge is 2.06. The maximum Gasteiger partial charge on any atom is 0.263 e. The van der Waals surface area contributed by atoms with E-state index in [1.165, 1.54) is 6.07 Å². The first-order valence-electron chi connectivity index (χ1n) is 5.67. The number of hydrogen-bond acceptors (Lipinski definition) is 1. The predicted molar refractivity (Wildman–Crippen MR) is 62.6 cm³/mol. The Labute approximate surface area is 95.9 Å². The molecule has 0 aliphatic rings. The third kappa shape index (κ3) is 4.71. The zero-order valence-corrected chi connectivity index (χ0v) is 9.84. The number of nitrogens with one attached hydrogen (secondary N) is 1. The second kappa shape index (κ2) is 6.59. The molecule has 0 saturated carbocycles. The van der Waals surface area contributed by atoms with Gasteiger partial charge in [-0.1, -0.05) is 32.0 Å². The van der Waals surface area contributed by atoms with Gasteiger partial charge in [0.25, 0.3) is 6.43 Å². The Hall–Kier alpha value is -0.960. The Kier molecular flexibility index (Phi) is 5.39. The second-order valence-electron chi connectivity index (χ2n) is 4.41. The van der Waals surface area contributed by atoms with Crippen molar-refractivity contribution < 1.29 is 8.78 Å². The summed E-state index contributed by atoms with van der Waals surface area (Å²) in [6.45, 7) is 5.92. The fraction of sp³-hybridized carbons (Fsp3) is 0.538. The molecule has 0 unspecified atom stereocenters. The quantitative estimate of drug-likeness (QED) is 0.730. The van der Waals surface area contributed by atoms with Crippen LogP contribution >= 0.6 is 0 Å². The molecule has 0 radical (unpaired) electrons. The summed E-state index contributed by atoms with van der Waals surface area (Å²) >= 11 is 0. The summed E-state index contributed by atoms with van der Waals surface area (Å²) in [5.41, 5.74) is 1.02. The lowest BCUT2D eigenvalue weighted by atomic mass is 10.1. The van der Waals surface area contributed by atoms with Gasteiger partial charge in [-0.15, -0.1) is 0 Å². The zero-order chi connectivity index (χ0) is 12.0. The highest BCUT2D eigenvalue weighted by Crippen LogP contribution is 2.19. The lowest BCUT2D eigenvalue weighted by Gasteiger charge is -2.08. The van der Waals surface area contributed by atoms with E-state index in [1.807, 2.05) is 6.07 Å². The molecule has 0 saturated heterocycles. The van der Waals surface area contributed by atoms with Crippen molar-refractivity contribution in [2.24, 2.45) is 5.92 Å². The van der Waals surface area contributed by atoms with Gasteiger partial charge in [0.1, 0.15) is 0 Å². The first kappa shape index (κ1) is 13.1. The molecule has 0 heterocycles. The van der Waals surface area contributed by atoms with Crippen LogP contribution < -0.4 is 5.32 Å². The van der Waals surface area contributed by atoms with Crippen molar-refractivity contribution in [2.75, 3.05) is 6.54 Å². The van der Waals surface area contributed by atoms with Crippen LogP contribution in [0.15, 0.2) is 24.3 Å². The molecule has 1 rings (SSSR count). The van der Waals surface area contributed by atoms with Crippen molar-refractivity contribution >= 4 is 0 Å². The van der Waals surface area contributed by atoms with Gasteiger partial charge in [0, 0.05) is 12.1 Å². The summed E-state index contributed by atoms with van der Waals surface area (Å²) in [5.74, 6) is 0.667. The molecule has 1 aromatic rings. The van der Waals surface area contributed by atoms with Gasteiger partial charge in [0.2, 0.25) is 0 Å². The Morgan fingerprint density at radius 3 is 2.62 bits per heavy atom. The highest BCUT2D eigenvalue weighted by molar-refractivity contribution is 5.24. The van der Waals surface area contributed by atoms with Crippen LogP contribution in [0.4, 0.5) is 8.78 Å². The van der Waals surface area contributed by atoms with E-state index in [1.54, 1.807) is 12.1 Å². The van der Waals surface area contributed by atoms with Gasteiger partial charge in [0.15, 0.2) is 0 Å². The first-order valence-corrected chi connectivity index (χ1v) is 5.67. The van der Waals surface area contributed by atoms with Gasteiger partial charge in [-0.2, -0.15) is 0 Å². The van der Waals surface area contributed by atoms with E-state index in [0.29, 0.717) is 12.5 Å². The molecule has 1 nitrogen and oxygen atoms in total. The van der Waals surface area contributed by atoms with E-state index < -0.39 is 6.43 Å². The monoisotopic (exact) mass is 227 g/mol. The van der Waals surface area contributed by atoms with Crippen LogP contribution in [0.25, 0.3) is 0 Å². The molecular weight excluding hydrogens is 208 g/mol. The molecule has 0 fully saturated rings. The third-order valence-corrected chi connectivity index (χ3v) is 2.43. The summed E-state index contributed by atoms with van der Waals surface area (Å²) in [6.07, 6.45) is -1.27. The number of halogens is 2. The normalized spacial score (nSPS) is 11.4. The van der Waals surface area contributed by atoms with Crippen molar-refractivity contribution in [3.8, 4) is 0 Å². The summed E-state index contributed by atoms with van der Waals surface area (Å²) in [4.78, 5) is 0. The van der Waals surface area contributed by atoms with Gasteiger partial charge in [0.05, 0.1) is 0 Å². The maximum atomic E-state index is 12.4. The smallest absolute Gasteiger partial charge is 0.263 e. The molecule has 90 valence electrons. The van der Waals surface area contributed by atoms with Crippen LogP contribution in [0, 0.1) is 5.92 Å². The molecule has 16 heavy (non-hydrogen) atoms. The van der Waals surface area contributed by atoms with Crippen molar-refractivity contribution in [3.05, 3.63) is 35.4 Å². The fourth-order valence-electron chi connectivity index (χ4n) is 1.46. The average Bonchev–Trinajstić information content (AvgIpc) is 2.24. The van der Waals surface area contributed by atoms with Crippen LogP contribution in [0.5, 0.6) is 0 Å². The molecular formula is C13H19F2N. The Bertz CT molecular complexity index is 311. The molecule has 0 amide bonds. The minimum atomic E-state index is -2.38. The van der Waals surface area contributed by atoms with Crippen LogP contribution in [0.3, 0.4) is 0 Å². The lowest BCUT2D eigenvalue weighted by molar-refractivity contribution is 0.151. The summed E-state index contributed by atoms with van der Waals surface area (Å²) < 4.78 is 24.8. The van der Waals surface area contributed by atoms with Crippen molar-refractivity contribution in [2.45, 2.75) is 33.2 Å². The summed E-state index contributed by atoms with van der Waals surface area (Å²) in [6, 6.07) is 6.57. The standard InChI is InChI=1S/C13H19F2N/c1-10(2)6-7-16-9-11-4-3-5-12(8-11)13(14)15/h3-5,8,10,13,16H,6-7,9H2,1-2H3. The molecule has 1 N–H and O–H groups in total. The third-order valence-electron chi connectivity index (χ3n) is 2.43. The minimum Gasteiger partial charge on any atom is -0.313 e. The topological polar surface area (TPSA) is 12.0 Å². The van der Waals surface area contributed by atoms with E-state index in [9.17, 15) is 8.78 Å². The molecule has 0 bridgehead atoms. The van der Waals surface area contributed by atoms with E-state index in [4.69, 9.17) is 0 Å². The van der Waals surface area contributed by atoms with Gasteiger partial charge in [-0.25, -0.2) is 8.78 Å². The summed E-state index contributed by atoms with van der Waals surface area (Å²) in [5, 5.41) is 3.25. The van der Waals surface area contributed by atoms with Crippen LogP contribution in [0.1, 0.15) is 37.8 Å². The Balaban J connectivity index is 2.39. The van der Waals surface area contributed by atoms with Crippen molar-refractivity contribution in [3.63, 3.8) is 0 Å².